The Morgan fingerprint density at radius 2 is 2.27 bits per heavy atom. The lowest BCUT2D eigenvalue weighted by Gasteiger charge is -1.85. The van der Waals surface area contributed by atoms with E-state index < -0.39 is 15.2 Å². The summed E-state index contributed by atoms with van der Waals surface area (Å²) in [5, 5.41) is 2.80. The second-order valence-electron chi connectivity index (χ2n) is 1.89. The maximum absolute atomic E-state index is 12.3. The van der Waals surface area contributed by atoms with Crippen molar-refractivity contribution in [1.29, 1.82) is 0 Å². The molecule has 0 saturated carbocycles. The van der Waals surface area contributed by atoms with Crippen LogP contribution in [0.15, 0.2) is 15.7 Å². The highest BCUT2D eigenvalue weighted by molar-refractivity contribution is 9.10. The van der Waals surface area contributed by atoms with E-state index >= 15 is 0 Å². The third-order valence-electron chi connectivity index (χ3n) is 0.984. The normalized spacial score (nSPS) is 11.9. The molecule has 0 fully saturated rings. The molecule has 0 N–H and O–H groups in total. The van der Waals surface area contributed by atoms with Crippen LogP contribution in [-0.2, 0) is 17.3 Å². The van der Waals surface area contributed by atoms with Gasteiger partial charge in [0, 0.05) is 13.2 Å². The molecule has 1 rings (SSSR count). The summed E-state index contributed by atoms with van der Waals surface area (Å²) in [4.78, 5) is 0. The average molecular weight is 243 g/mol. The summed E-state index contributed by atoms with van der Waals surface area (Å²) in [5.41, 5.74) is 0. The number of nitrogens with zero attached hydrogens (tertiary/aromatic N) is 2. The van der Waals surface area contributed by atoms with E-state index in [0.29, 0.717) is 0 Å². The minimum atomic E-state index is -4.69. The van der Waals surface area contributed by atoms with Gasteiger partial charge in [0.25, 0.3) is 0 Å². The summed E-state index contributed by atoms with van der Waals surface area (Å²) in [7, 11) is -3.19. The number of rotatable bonds is 1. The van der Waals surface area contributed by atoms with Crippen LogP contribution in [0.2, 0.25) is 0 Å². The van der Waals surface area contributed by atoms with Gasteiger partial charge in [0.2, 0.25) is 5.03 Å². The summed E-state index contributed by atoms with van der Waals surface area (Å²) in [6, 6.07) is 0. The monoisotopic (exact) mass is 242 g/mol. The first-order valence-corrected chi connectivity index (χ1v) is 4.72. The van der Waals surface area contributed by atoms with Crippen molar-refractivity contribution in [2.24, 2.45) is 7.05 Å². The van der Waals surface area contributed by atoms with E-state index in [-0.39, 0.29) is 4.47 Å². The summed E-state index contributed by atoms with van der Waals surface area (Å²) in [6.07, 6.45) is 1.35. The molecular weight excluding hydrogens is 239 g/mol. The van der Waals surface area contributed by atoms with Crippen molar-refractivity contribution in [1.82, 2.24) is 9.78 Å². The average Bonchev–Trinajstić information content (AvgIpc) is 2.08. The van der Waals surface area contributed by atoms with Crippen LogP contribution in [0.3, 0.4) is 0 Å². The Morgan fingerprint density at radius 3 is 2.45 bits per heavy atom. The van der Waals surface area contributed by atoms with Crippen LogP contribution in [-0.4, -0.2) is 18.2 Å². The lowest BCUT2D eigenvalue weighted by Crippen LogP contribution is -1.95. The Labute approximate surface area is 71.4 Å². The molecule has 0 aliphatic carbocycles. The predicted octanol–water partition coefficient (Wildman–Crippen LogP) is 0.841. The van der Waals surface area contributed by atoms with Crippen LogP contribution >= 0.6 is 15.9 Å². The van der Waals surface area contributed by atoms with E-state index in [1.54, 1.807) is 0 Å². The van der Waals surface area contributed by atoms with Crippen molar-refractivity contribution in [2.45, 2.75) is 5.03 Å². The van der Waals surface area contributed by atoms with Crippen molar-refractivity contribution >= 4 is 26.2 Å². The van der Waals surface area contributed by atoms with Crippen LogP contribution in [0.1, 0.15) is 0 Å². The molecule has 1 aromatic heterocycles. The second-order valence-corrected chi connectivity index (χ2v) is 4.01. The van der Waals surface area contributed by atoms with Crippen LogP contribution in [0.5, 0.6) is 0 Å². The maximum Gasteiger partial charge on any atom is 0.352 e. The standard InChI is InChI=1S/C4H4BrFN2O2S/c1-8-2-3(5)4(7-8)11(6,9)10/h2H,1H3. The Morgan fingerprint density at radius 1 is 1.73 bits per heavy atom. The fourth-order valence-electron chi connectivity index (χ4n) is 0.604. The summed E-state index contributed by atoms with van der Waals surface area (Å²) in [6.45, 7) is 0. The van der Waals surface area contributed by atoms with Gasteiger partial charge in [-0.25, -0.2) is 0 Å². The Bertz CT molecular complexity index is 371. The Balaban J connectivity index is 3.36. The SMILES string of the molecule is Cn1cc(Br)c(S(=O)(=O)F)n1. The molecule has 0 aromatic carbocycles. The molecule has 0 unspecified atom stereocenters. The number of aromatic nitrogens is 2. The molecule has 0 spiro atoms. The van der Waals surface area contributed by atoms with E-state index in [1.807, 2.05) is 0 Å². The Kier molecular flexibility index (Phi) is 2.02. The first kappa shape index (κ1) is 8.66. The topological polar surface area (TPSA) is 52.0 Å². The molecule has 1 heterocycles. The van der Waals surface area contributed by atoms with Gasteiger partial charge in [-0.05, 0) is 15.9 Å². The minimum Gasteiger partial charge on any atom is -0.273 e. The molecule has 0 bridgehead atoms. The molecule has 0 amide bonds. The fraction of sp³-hybridized carbons (Fsp3) is 0.250. The van der Waals surface area contributed by atoms with Gasteiger partial charge < -0.3 is 0 Å². The van der Waals surface area contributed by atoms with E-state index in [2.05, 4.69) is 21.0 Å². The fourth-order valence-corrected chi connectivity index (χ4v) is 2.07. The highest BCUT2D eigenvalue weighted by atomic mass is 79.9. The highest BCUT2D eigenvalue weighted by Crippen LogP contribution is 2.20. The lowest BCUT2D eigenvalue weighted by molar-refractivity contribution is 0.543. The number of halogens is 2. The van der Waals surface area contributed by atoms with Gasteiger partial charge in [0.1, 0.15) is 0 Å². The van der Waals surface area contributed by atoms with Crippen molar-refractivity contribution in [3.8, 4) is 0 Å². The molecule has 0 atom stereocenters. The van der Waals surface area contributed by atoms with E-state index in [4.69, 9.17) is 0 Å². The molecule has 0 aliphatic heterocycles. The molecule has 11 heavy (non-hydrogen) atoms. The van der Waals surface area contributed by atoms with Gasteiger partial charge in [-0.2, -0.15) is 13.5 Å². The minimum absolute atomic E-state index is 0.127. The van der Waals surface area contributed by atoms with Gasteiger partial charge in [-0.1, -0.05) is 3.89 Å². The van der Waals surface area contributed by atoms with Gasteiger partial charge >= 0.3 is 10.2 Å². The van der Waals surface area contributed by atoms with Gasteiger partial charge in [0.15, 0.2) is 0 Å². The predicted molar refractivity (Wildman–Crippen MR) is 39.2 cm³/mol. The number of hydrogen-bond donors (Lipinski definition) is 0. The van der Waals surface area contributed by atoms with E-state index in [0.717, 1.165) is 0 Å². The van der Waals surface area contributed by atoms with Gasteiger partial charge in [-0.3, -0.25) is 4.68 Å². The lowest BCUT2D eigenvalue weighted by atomic mass is 10.7. The van der Waals surface area contributed by atoms with Crippen LogP contribution < -0.4 is 0 Å². The first-order valence-electron chi connectivity index (χ1n) is 2.55. The molecule has 4 nitrogen and oxygen atoms in total. The summed E-state index contributed by atoms with van der Waals surface area (Å²) < 4.78 is 34.2. The van der Waals surface area contributed by atoms with Gasteiger partial charge in [0.05, 0.1) is 4.47 Å². The zero-order valence-electron chi connectivity index (χ0n) is 5.45. The molecule has 7 heteroatoms. The summed E-state index contributed by atoms with van der Waals surface area (Å²) in [5.74, 6) is 0. The second kappa shape index (κ2) is 2.56. The molecule has 62 valence electrons. The first-order chi connectivity index (χ1) is 4.91. The number of hydrogen-bond acceptors (Lipinski definition) is 3. The van der Waals surface area contributed by atoms with Crippen LogP contribution in [0, 0.1) is 0 Å². The van der Waals surface area contributed by atoms with Gasteiger partial charge in [-0.15, -0.1) is 0 Å². The molecule has 0 saturated heterocycles. The molecule has 1 aromatic rings. The molecule has 0 aliphatic rings. The molecular formula is C4H4BrFN2O2S. The third-order valence-corrected chi connectivity index (χ3v) is 2.59. The van der Waals surface area contributed by atoms with Crippen molar-refractivity contribution in [3.63, 3.8) is 0 Å². The quantitative estimate of drug-likeness (QED) is 0.687. The summed E-state index contributed by atoms with van der Waals surface area (Å²) >= 11 is 2.85. The zero-order chi connectivity index (χ0) is 8.65. The smallest absolute Gasteiger partial charge is 0.273 e. The van der Waals surface area contributed by atoms with Crippen molar-refractivity contribution in [2.75, 3.05) is 0 Å². The maximum atomic E-state index is 12.3. The molecule has 0 radical (unpaired) electrons. The number of aryl methyl sites for hydroxylation is 1. The van der Waals surface area contributed by atoms with E-state index in [1.165, 1.54) is 17.9 Å². The Hall–Kier alpha value is -0.430. The largest absolute Gasteiger partial charge is 0.352 e. The van der Waals surface area contributed by atoms with Crippen LogP contribution in [0.4, 0.5) is 3.89 Å². The van der Waals surface area contributed by atoms with E-state index in [9.17, 15) is 12.3 Å². The zero-order valence-corrected chi connectivity index (χ0v) is 7.85. The van der Waals surface area contributed by atoms with Crippen molar-refractivity contribution < 1.29 is 12.3 Å². The van der Waals surface area contributed by atoms with Crippen molar-refractivity contribution in [3.05, 3.63) is 10.7 Å². The highest BCUT2D eigenvalue weighted by Gasteiger charge is 2.19. The van der Waals surface area contributed by atoms with Crippen LogP contribution in [0.25, 0.3) is 0 Å². The third kappa shape index (κ3) is 1.78.